The van der Waals surface area contributed by atoms with Gasteiger partial charge in [-0.25, -0.2) is 19.3 Å². The number of fused-ring (bicyclic) bond motifs is 2. The van der Waals surface area contributed by atoms with Gasteiger partial charge < -0.3 is 20.1 Å². The number of halogens is 1. The zero-order chi connectivity index (χ0) is 22.8. The minimum absolute atomic E-state index is 0.122. The van der Waals surface area contributed by atoms with Gasteiger partial charge in [-0.1, -0.05) is 12.0 Å². The second kappa shape index (κ2) is 7.08. The molecule has 2 fully saturated rings. The van der Waals surface area contributed by atoms with E-state index in [9.17, 15) is 19.4 Å². The smallest absolute Gasteiger partial charge is 0.209 e. The quantitative estimate of drug-likeness (QED) is 0.536. The second-order valence-corrected chi connectivity index (χ2v) is 8.52. The summed E-state index contributed by atoms with van der Waals surface area (Å²) in [6, 6.07) is 4.19. The lowest BCUT2D eigenvalue weighted by Crippen LogP contribution is -2.36. The van der Waals surface area contributed by atoms with Crippen LogP contribution in [0.15, 0.2) is 24.5 Å². The summed E-state index contributed by atoms with van der Waals surface area (Å²) in [5.41, 5.74) is 1.05. The van der Waals surface area contributed by atoms with Crippen molar-refractivity contribution in [2.45, 2.75) is 38.5 Å². The fourth-order valence-electron chi connectivity index (χ4n) is 4.94. The Morgan fingerprint density at radius 1 is 1.31 bits per heavy atom. The fraction of sp³-hybridized carbons (Fsp3) is 0.391. The lowest BCUT2D eigenvalue weighted by Gasteiger charge is -2.23. The molecule has 1 aromatic carbocycles. The summed E-state index contributed by atoms with van der Waals surface area (Å²) in [5.74, 6) is 5.74. The minimum Gasteiger partial charge on any atom is -0.389 e. The van der Waals surface area contributed by atoms with Crippen LogP contribution in [0.25, 0.3) is 11.2 Å². The molecule has 164 valence electrons. The standard InChI is InChI=1S/C23H22FN5O3/c1-11-4-5-13(8-15(11)24)6-7-16-27-21(25-3)17-22(28-16)29(10-26-17)18-14-9-23(14,12(2)30)20(32)19(18)31/h4-5,8,10,14,18-20,31-32H,9H2,1-3H3,(H,25,27,28)/t14?,18-,19+,20?,23-/m1/s1. The number of carbonyl (C=O) groups is 1. The number of carbonyl (C=O) groups excluding carboxylic acids is 1. The molecule has 0 radical (unpaired) electrons. The van der Waals surface area contributed by atoms with Crippen LogP contribution in [0.5, 0.6) is 0 Å². The highest BCUT2D eigenvalue weighted by molar-refractivity contribution is 5.88. The molecule has 0 saturated heterocycles. The Kier molecular flexibility index (Phi) is 4.55. The number of Topliss-reactive ketones (excluding diaryl/α,β-unsaturated/α-hetero) is 1. The van der Waals surface area contributed by atoms with Crippen molar-refractivity contribution < 1.29 is 19.4 Å². The average Bonchev–Trinajstić information content (AvgIpc) is 3.32. The van der Waals surface area contributed by atoms with Gasteiger partial charge >= 0.3 is 0 Å². The van der Waals surface area contributed by atoms with Crippen molar-refractivity contribution in [3.05, 3.63) is 47.3 Å². The number of aliphatic hydroxyl groups excluding tert-OH is 2. The van der Waals surface area contributed by atoms with Crippen LogP contribution in [0.4, 0.5) is 10.2 Å². The number of hydrogen-bond donors (Lipinski definition) is 3. The third-order valence-electron chi connectivity index (χ3n) is 6.80. The van der Waals surface area contributed by atoms with Crippen molar-refractivity contribution in [3.8, 4) is 11.8 Å². The van der Waals surface area contributed by atoms with Gasteiger partial charge in [0, 0.05) is 12.6 Å². The minimum atomic E-state index is -1.13. The molecule has 0 spiro atoms. The van der Waals surface area contributed by atoms with Crippen LogP contribution in [0.2, 0.25) is 0 Å². The number of hydrogen-bond acceptors (Lipinski definition) is 7. The molecule has 2 heterocycles. The Morgan fingerprint density at radius 2 is 2.09 bits per heavy atom. The number of imidazole rings is 1. The molecule has 3 N–H and O–H groups in total. The van der Waals surface area contributed by atoms with Gasteiger partial charge in [0.2, 0.25) is 5.82 Å². The third-order valence-corrected chi connectivity index (χ3v) is 6.80. The Morgan fingerprint density at radius 3 is 2.75 bits per heavy atom. The van der Waals surface area contributed by atoms with E-state index in [-0.39, 0.29) is 23.3 Å². The number of rotatable bonds is 3. The van der Waals surface area contributed by atoms with Crippen molar-refractivity contribution >= 4 is 22.8 Å². The molecule has 3 aromatic rings. The average molecular weight is 435 g/mol. The van der Waals surface area contributed by atoms with Gasteiger partial charge in [-0.3, -0.25) is 4.79 Å². The molecule has 2 aliphatic carbocycles. The van der Waals surface area contributed by atoms with Gasteiger partial charge in [0.25, 0.3) is 0 Å². The fourth-order valence-corrected chi connectivity index (χ4v) is 4.94. The summed E-state index contributed by atoms with van der Waals surface area (Å²) < 4.78 is 15.5. The van der Waals surface area contributed by atoms with Gasteiger partial charge in [0.05, 0.1) is 23.9 Å². The van der Waals surface area contributed by atoms with E-state index in [1.807, 2.05) is 0 Å². The van der Waals surface area contributed by atoms with Crippen LogP contribution in [0.1, 0.15) is 36.3 Å². The Labute approximate surface area is 183 Å². The van der Waals surface area contributed by atoms with Crippen molar-refractivity contribution in [1.82, 2.24) is 19.5 Å². The summed E-state index contributed by atoms with van der Waals surface area (Å²) in [4.78, 5) is 25.5. The number of benzene rings is 1. The number of ketones is 1. The van der Waals surface area contributed by atoms with E-state index in [0.717, 1.165) is 0 Å². The topological polar surface area (TPSA) is 113 Å². The molecule has 0 bridgehead atoms. The van der Waals surface area contributed by atoms with Crippen LogP contribution in [-0.2, 0) is 4.79 Å². The van der Waals surface area contributed by atoms with Gasteiger partial charge in [0.15, 0.2) is 17.0 Å². The first-order chi connectivity index (χ1) is 15.3. The Hall–Kier alpha value is -3.35. The largest absolute Gasteiger partial charge is 0.389 e. The maximum Gasteiger partial charge on any atom is 0.209 e. The van der Waals surface area contributed by atoms with Crippen LogP contribution in [0, 0.1) is 35.9 Å². The summed E-state index contributed by atoms with van der Waals surface area (Å²) in [7, 11) is 1.70. The molecule has 5 atom stereocenters. The number of aromatic nitrogens is 4. The third kappa shape index (κ3) is 2.83. The molecule has 8 nitrogen and oxygen atoms in total. The SMILES string of the molecule is CNc1nc(C#Cc2ccc(C)c(F)c2)nc2c1ncn2[C@@H]1C2C[C@]2(C(C)=O)C(O)[C@H]1O. The molecule has 9 heteroatoms. The number of aliphatic hydroxyl groups is 2. The van der Waals surface area contributed by atoms with Gasteiger partial charge in [-0.2, -0.15) is 0 Å². The Bertz CT molecular complexity index is 1330. The molecule has 32 heavy (non-hydrogen) atoms. The highest BCUT2D eigenvalue weighted by Gasteiger charge is 2.74. The molecular formula is C23H22FN5O3. The summed E-state index contributed by atoms with van der Waals surface area (Å²) >= 11 is 0. The molecular weight excluding hydrogens is 413 g/mol. The molecule has 2 saturated carbocycles. The van der Waals surface area contributed by atoms with Crippen LogP contribution >= 0.6 is 0 Å². The second-order valence-electron chi connectivity index (χ2n) is 8.52. The maximum absolute atomic E-state index is 13.8. The zero-order valence-electron chi connectivity index (χ0n) is 17.8. The monoisotopic (exact) mass is 435 g/mol. The van der Waals surface area contributed by atoms with E-state index in [1.165, 1.54) is 13.0 Å². The van der Waals surface area contributed by atoms with Crippen LogP contribution < -0.4 is 5.32 Å². The lowest BCUT2D eigenvalue weighted by molar-refractivity contribution is -0.128. The molecule has 2 unspecified atom stereocenters. The number of anilines is 1. The number of nitrogens with one attached hydrogen (secondary N) is 1. The first-order valence-corrected chi connectivity index (χ1v) is 10.4. The number of nitrogens with zero attached hydrogens (tertiary/aromatic N) is 4. The van der Waals surface area contributed by atoms with E-state index in [4.69, 9.17) is 0 Å². The van der Waals surface area contributed by atoms with E-state index in [0.29, 0.717) is 34.5 Å². The van der Waals surface area contributed by atoms with Crippen molar-refractivity contribution in [2.75, 3.05) is 12.4 Å². The van der Waals surface area contributed by atoms with Crippen LogP contribution in [0.3, 0.4) is 0 Å². The first-order valence-electron chi connectivity index (χ1n) is 10.4. The first kappa shape index (κ1) is 20.5. The maximum atomic E-state index is 13.8. The van der Waals surface area contributed by atoms with E-state index in [1.54, 1.807) is 37.0 Å². The molecule has 0 aliphatic heterocycles. The highest BCUT2D eigenvalue weighted by atomic mass is 19.1. The van der Waals surface area contributed by atoms with Gasteiger partial charge in [-0.05, 0) is 49.8 Å². The highest BCUT2D eigenvalue weighted by Crippen LogP contribution is 2.68. The summed E-state index contributed by atoms with van der Waals surface area (Å²) in [6.45, 7) is 3.13. The van der Waals surface area contributed by atoms with Crippen molar-refractivity contribution in [2.24, 2.45) is 11.3 Å². The molecule has 2 aromatic heterocycles. The zero-order valence-corrected chi connectivity index (χ0v) is 17.8. The van der Waals surface area contributed by atoms with E-state index in [2.05, 4.69) is 32.1 Å². The van der Waals surface area contributed by atoms with Crippen molar-refractivity contribution in [1.29, 1.82) is 0 Å². The summed E-state index contributed by atoms with van der Waals surface area (Å²) in [6.07, 6.45) is -0.190. The molecule has 5 rings (SSSR count). The van der Waals surface area contributed by atoms with Crippen molar-refractivity contribution in [3.63, 3.8) is 0 Å². The van der Waals surface area contributed by atoms with E-state index < -0.39 is 23.7 Å². The normalized spacial score (nSPS) is 28.2. The predicted molar refractivity (Wildman–Crippen MR) is 114 cm³/mol. The van der Waals surface area contributed by atoms with Gasteiger partial charge in [0.1, 0.15) is 17.7 Å². The Balaban J connectivity index is 1.58. The van der Waals surface area contributed by atoms with E-state index >= 15 is 0 Å². The van der Waals surface area contributed by atoms with Crippen LogP contribution in [-0.4, -0.2) is 54.8 Å². The molecule has 2 aliphatic rings. The lowest BCUT2D eigenvalue weighted by atomic mass is 9.95. The number of aryl methyl sites for hydroxylation is 1. The predicted octanol–water partition coefficient (Wildman–Crippen LogP) is 1.59. The van der Waals surface area contributed by atoms with Gasteiger partial charge in [-0.15, -0.1) is 0 Å². The molecule has 0 amide bonds. The summed E-state index contributed by atoms with van der Waals surface area (Å²) in [5, 5.41) is 24.3.